The third-order valence-corrected chi connectivity index (χ3v) is 1.41. The van der Waals surface area contributed by atoms with Gasteiger partial charge in [-0.05, 0) is 6.42 Å². The van der Waals surface area contributed by atoms with Crippen molar-refractivity contribution in [3.8, 4) is 0 Å². The van der Waals surface area contributed by atoms with Crippen LogP contribution in [0.15, 0.2) is 15.2 Å². The molecule has 0 aliphatic carbocycles. The Balaban J connectivity index is 2.69. The Morgan fingerprint density at radius 1 is 1.67 bits per heavy atom. The molecule has 1 aliphatic heterocycles. The average molecular weight is 127 g/mol. The number of hydrogen-bond acceptors (Lipinski definition) is 4. The average Bonchev–Trinajstić information content (AvgIpc) is 2.36. The van der Waals surface area contributed by atoms with E-state index in [4.69, 9.17) is 5.11 Å². The lowest BCUT2D eigenvalue weighted by Gasteiger charge is -2.14. The molecule has 1 N–H and O–H groups in total. The maximum absolute atomic E-state index is 8.75. The highest BCUT2D eigenvalue weighted by molar-refractivity contribution is 5.57. The SMILES string of the molecule is CCC1(CO)N=CN=N1. The number of aliphatic imine (C=N–C) groups is 1. The van der Waals surface area contributed by atoms with Crippen LogP contribution in [0, 0.1) is 0 Å². The summed E-state index contributed by atoms with van der Waals surface area (Å²) in [7, 11) is 0. The summed E-state index contributed by atoms with van der Waals surface area (Å²) in [4.78, 5) is 3.90. The van der Waals surface area contributed by atoms with E-state index in [1.165, 1.54) is 6.34 Å². The molecule has 0 bridgehead atoms. The van der Waals surface area contributed by atoms with Crippen LogP contribution in [-0.2, 0) is 0 Å². The van der Waals surface area contributed by atoms with E-state index in [1.54, 1.807) is 0 Å². The van der Waals surface area contributed by atoms with Crippen LogP contribution in [0.1, 0.15) is 13.3 Å². The van der Waals surface area contributed by atoms with E-state index >= 15 is 0 Å². The Morgan fingerprint density at radius 3 is 2.67 bits per heavy atom. The first-order valence-electron chi connectivity index (χ1n) is 2.89. The van der Waals surface area contributed by atoms with E-state index in [0.29, 0.717) is 6.42 Å². The predicted molar refractivity (Wildman–Crippen MR) is 33.5 cm³/mol. The smallest absolute Gasteiger partial charge is 0.195 e. The lowest BCUT2D eigenvalue weighted by atomic mass is 10.1. The molecule has 0 saturated carbocycles. The number of azo groups is 1. The molecule has 4 nitrogen and oxygen atoms in total. The van der Waals surface area contributed by atoms with Gasteiger partial charge in [-0.25, -0.2) is 4.99 Å². The zero-order valence-corrected chi connectivity index (χ0v) is 5.28. The maximum atomic E-state index is 8.75. The fourth-order valence-corrected chi connectivity index (χ4v) is 0.639. The Kier molecular flexibility index (Phi) is 1.57. The third-order valence-electron chi connectivity index (χ3n) is 1.41. The van der Waals surface area contributed by atoms with Crippen molar-refractivity contribution in [3.05, 3.63) is 0 Å². The number of nitrogens with zero attached hydrogens (tertiary/aromatic N) is 3. The largest absolute Gasteiger partial charge is 0.392 e. The van der Waals surface area contributed by atoms with Crippen molar-refractivity contribution < 1.29 is 5.11 Å². The molecule has 1 rings (SSSR count). The summed E-state index contributed by atoms with van der Waals surface area (Å²) in [6.45, 7) is 1.86. The van der Waals surface area contributed by atoms with E-state index in [-0.39, 0.29) is 6.61 Å². The van der Waals surface area contributed by atoms with Crippen LogP contribution in [0.3, 0.4) is 0 Å². The molecule has 1 heterocycles. The van der Waals surface area contributed by atoms with E-state index in [1.807, 2.05) is 6.92 Å². The van der Waals surface area contributed by atoms with Gasteiger partial charge in [0.05, 0.1) is 6.61 Å². The highest BCUT2D eigenvalue weighted by Gasteiger charge is 2.27. The monoisotopic (exact) mass is 127 g/mol. The minimum Gasteiger partial charge on any atom is -0.392 e. The van der Waals surface area contributed by atoms with Crippen molar-refractivity contribution in [2.24, 2.45) is 15.2 Å². The normalized spacial score (nSPS) is 31.8. The lowest BCUT2D eigenvalue weighted by Crippen LogP contribution is -2.24. The number of rotatable bonds is 2. The second-order valence-corrected chi connectivity index (χ2v) is 1.95. The molecule has 0 saturated heterocycles. The highest BCUT2D eigenvalue weighted by atomic mass is 16.3. The zero-order valence-electron chi connectivity index (χ0n) is 5.28. The first kappa shape index (κ1) is 6.35. The van der Waals surface area contributed by atoms with Crippen molar-refractivity contribution in [1.82, 2.24) is 0 Å². The molecule has 1 aliphatic rings. The van der Waals surface area contributed by atoms with Gasteiger partial charge in [0.25, 0.3) is 0 Å². The molecule has 0 aromatic heterocycles. The Bertz CT molecular complexity index is 134. The van der Waals surface area contributed by atoms with Gasteiger partial charge >= 0.3 is 0 Å². The van der Waals surface area contributed by atoms with Gasteiger partial charge < -0.3 is 5.11 Å². The van der Waals surface area contributed by atoms with E-state index in [0.717, 1.165) is 0 Å². The minimum atomic E-state index is -0.639. The molecule has 50 valence electrons. The summed E-state index contributed by atoms with van der Waals surface area (Å²) in [6, 6.07) is 0. The molecule has 0 fully saturated rings. The molecule has 0 spiro atoms. The summed E-state index contributed by atoms with van der Waals surface area (Å²) in [5, 5.41) is 16.1. The molecular formula is C5H9N3O. The quantitative estimate of drug-likeness (QED) is 0.579. The highest BCUT2D eigenvalue weighted by Crippen LogP contribution is 2.20. The van der Waals surface area contributed by atoms with E-state index in [9.17, 15) is 0 Å². The van der Waals surface area contributed by atoms with Gasteiger partial charge in [0.15, 0.2) is 5.66 Å². The van der Waals surface area contributed by atoms with Crippen LogP contribution in [0.2, 0.25) is 0 Å². The summed E-state index contributed by atoms with van der Waals surface area (Å²) < 4.78 is 0. The fourth-order valence-electron chi connectivity index (χ4n) is 0.639. The molecule has 1 unspecified atom stereocenters. The van der Waals surface area contributed by atoms with Crippen molar-refractivity contribution in [2.75, 3.05) is 6.61 Å². The number of aliphatic hydroxyl groups excluding tert-OH is 1. The molecule has 0 amide bonds. The molecule has 0 aromatic carbocycles. The van der Waals surface area contributed by atoms with Gasteiger partial charge in [-0.1, -0.05) is 6.92 Å². The Hall–Kier alpha value is -0.770. The third kappa shape index (κ3) is 0.977. The topological polar surface area (TPSA) is 57.3 Å². The first-order chi connectivity index (χ1) is 4.33. The van der Waals surface area contributed by atoms with Crippen LogP contribution in [0.5, 0.6) is 0 Å². The van der Waals surface area contributed by atoms with Crippen molar-refractivity contribution in [1.29, 1.82) is 0 Å². The van der Waals surface area contributed by atoms with Crippen molar-refractivity contribution in [3.63, 3.8) is 0 Å². The molecule has 9 heavy (non-hydrogen) atoms. The summed E-state index contributed by atoms with van der Waals surface area (Å²) >= 11 is 0. The van der Waals surface area contributed by atoms with Crippen LogP contribution in [-0.4, -0.2) is 23.7 Å². The van der Waals surface area contributed by atoms with Gasteiger partial charge in [-0.2, -0.15) is 5.11 Å². The molecule has 4 heteroatoms. The van der Waals surface area contributed by atoms with Crippen LogP contribution < -0.4 is 0 Å². The maximum Gasteiger partial charge on any atom is 0.195 e. The van der Waals surface area contributed by atoms with Gasteiger partial charge in [-0.15, -0.1) is 5.11 Å². The van der Waals surface area contributed by atoms with Gasteiger partial charge in [0.2, 0.25) is 0 Å². The van der Waals surface area contributed by atoms with Crippen molar-refractivity contribution >= 4 is 6.34 Å². The fraction of sp³-hybridized carbons (Fsp3) is 0.800. The van der Waals surface area contributed by atoms with E-state index in [2.05, 4.69) is 15.2 Å². The molecule has 1 atom stereocenters. The second-order valence-electron chi connectivity index (χ2n) is 1.95. The van der Waals surface area contributed by atoms with Gasteiger partial charge in [0.1, 0.15) is 6.34 Å². The van der Waals surface area contributed by atoms with Crippen LogP contribution in [0.4, 0.5) is 0 Å². The lowest BCUT2D eigenvalue weighted by molar-refractivity contribution is 0.199. The minimum absolute atomic E-state index is 0.0521. The van der Waals surface area contributed by atoms with Crippen LogP contribution in [0.25, 0.3) is 0 Å². The summed E-state index contributed by atoms with van der Waals surface area (Å²) in [6.07, 6.45) is 2.07. The molecule has 0 radical (unpaired) electrons. The molecule has 0 aromatic rings. The Morgan fingerprint density at radius 2 is 2.44 bits per heavy atom. The van der Waals surface area contributed by atoms with Crippen LogP contribution >= 0.6 is 0 Å². The summed E-state index contributed by atoms with van der Waals surface area (Å²) in [5.74, 6) is 0. The first-order valence-corrected chi connectivity index (χ1v) is 2.89. The Labute approximate surface area is 53.3 Å². The number of hydrogen-bond donors (Lipinski definition) is 1. The molecular weight excluding hydrogens is 118 g/mol. The zero-order chi connectivity index (χ0) is 6.74. The number of aliphatic hydroxyl groups is 1. The van der Waals surface area contributed by atoms with Gasteiger partial charge in [-0.3, -0.25) is 0 Å². The summed E-state index contributed by atoms with van der Waals surface area (Å²) in [5.41, 5.74) is -0.639. The second kappa shape index (κ2) is 2.23. The standard InChI is InChI=1S/C5H9N3O/c1-2-5(3-9)6-4-7-8-5/h4,9H,2-3H2,1H3. The predicted octanol–water partition coefficient (Wildman–Crippen LogP) is 0.579. The van der Waals surface area contributed by atoms with E-state index < -0.39 is 5.66 Å². The van der Waals surface area contributed by atoms with Gasteiger partial charge in [0, 0.05) is 0 Å². The van der Waals surface area contributed by atoms with Crippen molar-refractivity contribution in [2.45, 2.75) is 19.0 Å².